The van der Waals surface area contributed by atoms with Gasteiger partial charge in [-0.3, -0.25) is 14.6 Å². The molecule has 1 aromatic carbocycles. The minimum absolute atomic E-state index is 0.108. The van der Waals surface area contributed by atoms with E-state index in [2.05, 4.69) is 44.4 Å². The molecule has 1 aliphatic heterocycles. The van der Waals surface area contributed by atoms with Crippen molar-refractivity contribution in [2.75, 3.05) is 31.5 Å². The van der Waals surface area contributed by atoms with Gasteiger partial charge in [0.2, 0.25) is 0 Å². The topological polar surface area (TPSA) is 108 Å². The van der Waals surface area contributed by atoms with E-state index in [-0.39, 0.29) is 11.8 Å². The molecule has 2 amide bonds. The molecule has 200 valence electrons. The number of aromatic amines is 1. The van der Waals surface area contributed by atoms with Crippen LogP contribution in [0.2, 0.25) is 0 Å². The van der Waals surface area contributed by atoms with Crippen molar-refractivity contribution in [3.63, 3.8) is 0 Å². The van der Waals surface area contributed by atoms with Gasteiger partial charge in [0.05, 0.1) is 23.0 Å². The first kappa shape index (κ1) is 26.1. The molecule has 0 aliphatic carbocycles. The number of nitrogens with one attached hydrogen (secondary N) is 3. The third-order valence-corrected chi connectivity index (χ3v) is 7.25. The van der Waals surface area contributed by atoms with Gasteiger partial charge in [0.1, 0.15) is 0 Å². The van der Waals surface area contributed by atoms with Gasteiger partial charge in [-0.05, 0) is 68.4 Å². The largest absolute Gasteiger partial charge is 0.358 e. The first-order valence-corrected chi connectivity index (χ1v) is 13.2. The minimum Gasteiger partial charge on any atom is -0.358 e. The molecular formula is C30H33N7O2. The average Bonchev–Trinajstić information content (AvgIpc) is 3.63. The van der Waals surface area contributed by atoms with Gasteiger partial charge in [0.15, 0.2) is 0 Å². The van der Waals surface area contributed by atoms with Crippen molar-refractivity contribution in [1.29, 1.82) is 0 Å². The maximum atomic E-state index is 13.0. The van der Waals surface area contributed by atoms with Crippen molar-refractivity contribution in [3.8, 4) is 16.8 Å². The molecule has 1 aliphatic rings. The number of H-pyrrole nitrogens is 1. The maximum Gasteiger partial charge on any atom is 0.256 e. The molecule has 9 nitrogen and oxygen atoms in total. The lowest BCUT2D eigenvalue weighted by Gasteiger charge is -2.18. The van der Waals surface area contributed by atoms with Gasteiger partial charge in [0.25, 0.3) is 11.8 Å². The Bertz CT molecular complexity index is 1540. The number of aryl methyl sites for hydroxylation is 1. The number of carbonyl (C=O) groups is 2. The zero-order valence-electron chi connectivity index (χ0n) is 22.7. The summed E-state index contributed by atoms with van der Waals surface area (Å²) in [6.07, 6.45) is 9.05. The quantitative estimate of drug-likeness (QED) is 0.281. The second-order valence-corrected chi connectivity index (χ2v) is 9.60. The van der Waals surface area contributed by atoms with Crippen LogP contribution in [-0.4, -0.2) is 62.6 Å². The Morgan fingerprint density at radius 2 is 1.87 bits per heavy atom. The molecule has 0 saturated carbocycles. The molecule has 0 atom stereocenters. The highest BCUT2D eigenvalue weighted by atomic mass is 16.2. The molecule has 0 spiro atoms. The van der Waals surface area contributed by atoms with Crippen LogP contribution in [0, 0.1) is 13.8 Å². The summed E-state index contributed by atoms with van der Waals surface area (Å²) in [6.45, 7) is 11.3. The van der Waals surface area contributed by atoms with E-state index in [0.29, 0.717) is 17.7 Å². The fourth-order valence-electron chi connectivity index (χ4n) is 4.98. The van der Waals surface area contributed by atoms with Gasteiger partial charge in [-0.15, -0.1) is 0 Å². The van der Waals surface area contributed by atoms with Gasteiger partial charge in [-0.2, -0.15) is 5.10 Å². The van der Waals surface area contributed by atoms with Crippen molar-refractivity contribution in [1.82, 2.24) is 30.0 Å². The van der Waals surface area contributed by atoms with Gasteiger partial charge in [-0.25, -0.2) is 4.68 Å². The number of benzene rings is 1. The van der Waals surface area contributed by atoms with Crippen LogP contribution in [0.3, 0.4) is 0 Å². The Balaban J connectivity index is 1.41. The summed E-state index contributed by atoms with van der Waals surface area (Å²) >= 11 is 0. The number of pyridine rings is 1. The maximum absolute atomic E-state index is 13.0. The normalized spacial score (nSPS) is 13.7. The fourth-order valence-corrected chi connectivity index (χ4v) is 4.98. The van der Waals surface area contributed by atoms with Crippen LogP contribution in [0.25, 0.3) is 28.5 Å². The number of aromatic nitrogens is 4. The van der Waals surface area contributed by atoms with Crippen LogP contribution < -0.4 is 10.6 Å². The summed E-state index contributed by atoms with van der Waals surface area (Å²) in [6, 6.07) is 9.67. The van der Waals surface area contributed by atoms with Crippen molar-refractivity contribution in [2.24, 2.45) is 0 Å². The van der Waals surface area contributed by atoms with E-state index in [1.54, 1.807) is 23.3 Å². The predicted molar refractivity (Wildman–Crippen MR) is 154 cm³/mol. The molecule has 0 fully saturated rings. The van der Waals surface area contributed by atoms with E-state index in [1.807, 2.05) is 56.5 Å². The van der Waals surface area contributed by atoms with E-state index in [4.69, 9.17) is 0 Å². The minimum atomic E-state index is -0.175. The number of nitrogens with zero attached hydrogens (tertiary/aromatic N) is 4. The van der Waals surface area contributed by atoms with Gasteiger partial charge in [0, 0.05) is 59.9 Å². The third kappa shape index (κ3) is 5.26. The Hall–Kier alpha value is -4.50. The third-order valence-electron chi connectivity index (χ3n) is 7.25. The Kier molecular flexibility index (Phi) is 7.42. The van der Waals surface area contributed by atoms with E-state index in [0.717, 1.165) is 64.7 Å². The molecule has 4 aromatic rings. The lowest BCUT2D eigenvalue weighted by atomic mass is 10.00. The van der Waals surface area contributed by atoms with Crippen LogP contribution in [0.5, 0.6) is 0 Å². The predicted octanol–water partition coefficient (Wildman–Crippen LogP) is 4.44. The first-order valence-electron chi connectivity index (χ1n) is 13.2. The van der Waals surface area contributed by atoms with Crippen LogP contribution >= 0.6 is 0 Å². The smallest absolute Gasteiger partial charge is 0.256 e. The van der Waals surface area contributed by atoms with Crippen molar-refractivity contribution in [3.05, 3.63) is 83.2 Å². The highest BCUT2D eigenvalue weighted by Gasteiger charge is 2.26. The van der Waals surface area contributed by atoms with Crippen LogP contribution in [0.1, 0.15) is 46.7 Å². The number of rotatable bonds is 9. The highest BCUT2D eigenvalue weighted by molar-refractivity contribution is 6.35. The highest BCUT2D eigenvalue weighted by Crippen LogP contribution is 2.37. The lowest BCUT2D eigenvalue weighted by molar-refractivity contribution is -0.110. The van der Waals surface area contributed by atoms with E-state index in [9.17, 15) is 9.59 Å². The molecule has 4 heterocycles. The summed E-state index contributed by atoms with van der Waals surface area (Å²) in [5.41, 5.74) is 7.87. The molecular weight excluding hydrogens is 490 g/mol. The van der Waals surface area contributed by atoms with Crippen LogP contribution in [0.15, 0.2) is 55.1 Å². The number of fused-ring (bicyclic) bond motifs is 1. The molecule has 3 N–H and O–H groups in total. The Labute approximate surface area is 228 Å². The van der Waals surface area contributed by atoms with Gasteiger partial charge in [-0.1, -0.05) is 19.9 Å². The molecule has 5 rings (SSSR count). The second kappa shape index (κ2) is 11.1. The molecule has 0 bridgehead atoms. The lowest BCUT2D eigenvalue weighted by Crippen LogP contribution is -2.35. The van der Waals surface area contributed by atoms with E-state index < -0.39 is 0 Å². The first-order chi connectivity index (χ1) is 18.9. The van der Waals surface area contributed by atoms with Crippen molar-refractivity contribution < 1.29 is 9.59 Å². The average molecular weight is 524 g/mol. The Morgan fingerprint density at radius 1 is 1.10 bits per heavy atom. The van der Waals surface area contributed by atoms with Gasteiger partial charge < -0.3 is 20.5 Å². The molecule has 0 saturated heterocycles. The number of amides is 2. The number of anilines is 1. The van der Waals surface area contributed by atoms with Crippen molar-refractivity contribution >= 4 is 29.2 Å². The second-order valence-electron chi connectivity index (χ2n) is 9.60. The standard InChI is InChI=1S/C30H33N7O2/c1-5-36(6-2)14-13-32-30(39)28-19(3)27(34-20(28)4)16-25-24-15-21(7-8-26(24)35-29(25)38)22-17-33-37(18-22)23-9-11-31-12-10-23/h7-12,15-18,34H,5-6,13-14H2,1-4H3,(H,32,39)(H,35,38). The summed E-state index contributed by atoms with van der Waals surface area (Å²) in [4.78, 5) is 35.6. The molecule has 0 radical (unpaired) electrons. The summed E-state index contributed by atoms with van der Waals surface area (Å²) < 4.78 is 1.80. The number of hydrogen-bond donors (Lipinski definition) is 3. The number of likely N-dealkylation sites (N-methyl/N-ethyl adjacent to an activating group) is 1. The number of carbonyl (C=O) groups excluding carboxylic acids is 2. The van der Waals surface area contributed by atoms with Crippen molar-refractivity contribution in [2.45, 2.75) is 27.7 Å². The van der Waals surface area contributed by atoms with E-state index >= 15 is 0 Å². The molecule has 9 heteroatoms. The van der Waals surface area contributed by atoms with Crippen LogP contribution in [0.4, 0.5) is 5.69 Å². The number of hydrogen-bond acceptors (Lipinski definition) is 5. The molecule has 0 unspecified atom stereocenters. The summed E-state index contributed by atoms with van der Waals surface area (Å²) in [7, 11) is 0. The summed E-state index contributed by atoms with van der Waals surface area (Å²) in [5, 5.41) is 10.5. The van der Waals surface area contributed by atoms with Gasteiger partial charge >= 0.3 is 0 Å². The zero-order chi connectivity index (χ0) is 27.5. The molecule has 3 aromatic heterocycles. The zero-order valence-corrected chi connectivity index (χ0v) is 22.7. The SMILES string of the molecule is CCN(CC)CCNC(=O)c1c(C)[nH]c(C=C2C(=O)Nc3ccc(-c4cnn(-c5ccncc5)c4)cc32)c1C. The summed E-state index contributed by atoms with van der Waals surface area (Å²) in [5.74, 6) is -0.283. The van der Waals surface area contributed by atoms with Crippen LogP contribution in [-0.2, 0) is 4.79 Å². The Morgan fingerprint density at radius 3 is 2.62 bits per heavy atom. The fraction of sp³-hybridized carbons (Fsp3) is 0.267. The molecule has 39 heavy (non-hydrogen) atoms. The monoisotopic (exact) mass is 523 g/mol. The van der Waals surface area contributed by atoms with E-state index in [1.165, 1.54) is 0 Å².